The van der Waals surface area contributed by atoms with Crippen molar-refractivity contribution in [1.82, 2.24) is 0 Å². The van der Waals surface area contributed by atoms with Crippen LogP contribution in [0.25, 0.3) is 0 Å². The second-order valence-electron chi connectivity index (χ2n) is 2.12. The highest BCUT2D eigenvalue weighted by Gasteiger charge is 2.07. The highest BCUT2D eigenvalue weighted by Crippen LogP contribution is 1.93. The van der Waals surface area contributed by atoms with Gasteiger partial charge in [0.05, 0.1) is 13.5 Å². The van der Waals surface area contributed by atoms with Crippen LogP contribution in [0.4, 0.5) is 0 Å². The molecule has 0 saturated carbocycles. The normalized spacial score (nSPS) is 12.7. The largest absolute Gasteiger partial charge is 0.469 e. The number of hydrogen-bond acceptors (Lipinski definition) is 4. The van der Waals surface area contributed by atoms with Crippen LogP contribution < -0.4 is 11.5 Å². The van der Waals surface area contributed by atoms with E-state index >= 15 is 0 Å². The van der Waals surface area contributed by atoms with Gasteiger partial charge in [-0.2, -0.15) is 0 Å². The maximum absolute atomic E-state index is 10.6. The van der Waals surface area contributed by atoms with Crippen LogP contribution in [0.15, 0.2) is 0 Å². The monoisotopic (exact) mass is 146 g/mol. The molecule has 0 aromatic rings. The number of carbonyl (C=O) groups excluding carboxylic acids is 1. The van der Waals surface area contributed by atoms with Gasteiger partial charge >= 0.3 is 5.97 Å². The van der Waals surface area contributed by atoms with Crippen molar-refractivity contribution in [3.05, 3.63) is 0 Å². The summed E-state index contributed by atoms with van der Waals surface area (Å²) in [5, 5.41) is 0. The Bertz CT molecular complexity index is 106. The Balaban J connectivity index is 3.37. The Morgan fingerprint density at radius 1 is 1.70 bits per heavy atom. The molecule has 4 N–H and O–H groups in total. The molecule has 1 atom stereocenters. The topological polar surface area (TPSA) is 78.3 Å². The minimum Gasteiger partial charge on any atom is -0.469 e. The summed E-state index contributed by atoms with van der Waals surface area (Å²) < 4.78 is 4.41. The van der Waals surface area contributed by atoms with E-state index in [1.165, 1.54) is 7.11 Å². The van der Waals surface area contributed by atoms with Crippen LogP contribution in [-0.2, 0) is 9.53 Å². The van der Waals surface area contributed by atoms with Crippen molar-refractivity contribution >= 4 is 5.97 Å². The van der Waals surface area contributed by atoms with E-state index in [-0.39, 0.29) is 18.4 Å². The fraction of sp³-hybridized carbons (Fsp3) is 0.833. The average Bonchev–Trinajstić information content (AvgIpc) is 1.88. The Morgan fingerprint density at radius 2 is 2.30 bits per heavy atom. The zero-order valence-electron chi connectivity index (χ0n) is 6.17. The van der Waals surface area contributed by atoms with Crippen molar-refractivity contribution in [3.63, 3.8) is 0 Å². The van der Waals surface area contributed by atoms with Crippen molar-refractivity contribution in [1.29, 1.82) is 0 Å². The van der Waals surface area contributed by atoms with Gasteiger partial charge in [-0.3, -0.25) is 4.79 Å². The fourth-order valence-corrected chi connectivity index (χ4v) is 0.614. The maximum atomic E-state index is 10.6. The van der Waals surface area contributed by atoms with Gasteiger partial charge in [0.2, 0.25) is 0 Å². The molecule has 0 radical (unpaired) electrons. The molecule has 0 aliphatic carbocycles. The maximum Gasteiger partial charge on any atom is 0.307 e. The molecule has 0 aromatic heterocycles. The van der Waals surface area contributed by atoms with Crippen LogP contribution in [0.1, 0.15) is 12.8 Å². The summed E-state index contributed by atoms with van der Waals surface area (Å²) >= 11 is 0. The number of hydrogen-bond donors (Lipinski definition) is 2. The van der Waals surface area contributed by atoms with E-state index in [2.05, 4.69) is 4.74 Å². The summed E-state index contributed by atoms with van der Waals surface area (Å²) in [6.45, 7) is 0.512. The first-order valence-corrected chi connectivity index (χ1v) is 3.23. The number of nitrogens with two attached hydrogens (primary N) is 2. The lowest BCUT2D eigenvalue weighted by Crippen LogP contribution is -2.27. The number of esters is 1. The van der Waals surface area contributed by atoms with Crippen molar-refractivity contribution in [3.8, 4) is 0 Å². The summed E-state index contributed by atoms with van der Waals surface area (Å²) in [5.74, 6) is -0.277. The molecule has 0 aliphatic rings. The lowest BCUT2D eigenvalue weighted by Gasteiger charge is -2.06. The van der Waals surface area contributed by atoms with E-state index in [4.69, 9.17) is 11.5 Å². The molecule has 0 amide bonds. The van der Waals surface area contributed by atoms with Crippen LogP contribution in [0.3, 0.4) is 0 Å². The molecule has 4 nitrogen and oxygen atoms in total. The van der Waals surface area contributed by atoms with Gasteiger partial charge in [0, 0.05) is 6.04 Å². The van der Waals surface area contributed by atoms with Crippen LogP contribution >= 0.6 is 0 Å². The third-order valence-corrected chi connectivity index (χ3v) is 1.19. The van der Waals surface area contributed by atoms with Crippen molar-refractivity contribution in [2.75, 3.05) is 13.7 Å². The molecule has 0 spiro atoms. The van der Waals surface area contributed by atoms with Gasteiger partial charge in [-0.1, -0.05) is 0 Å². The molecule has 0 unspecified atom stereocenters. The quantitative estimate of drug-likeness (QED) is 0.510. The lowest BCUT2D eigenvalue weighted by molar-refractivity contribution is -0.141. The molecule has 0 bridgehead atoms. The van der Waals surface area contributed by atoms with Gasteiger partial charge in [0.15, 0.2) is 0 Å². The SMILES string of the molecule is COC(=O)C[C@@H](N)CCN. The van der Waals surface area contributed by atoms with E-state index in [1.807, 2.05) is 0 Å². The average molecular weight is 146 g/mol. The molecule has 60 valence electrons. The second kappa shape index (κ2) is 5.20. The molecular weight excluding hydrogens is 132 g/mol. The first kappa shape index (κ1) is 9.39. The molecule has 0 rings (SSSR count). The first-order valence-electron chi connectivity index (χ1n) is 3.23. The van der Waals surface area contributed by atoms with Gasteiger partial charge in [-0.15, -0.1) is 0 Å². The number of carbonyl (C=O) groups is 1. The predicted octanol–water partition coefficient (Wildman–Crippen LogP) is -0.774. The van der Waals surface area contributed by atoms with Crippen LogP contribution in [0.5, 0.6) is 0 Å². The van der Waals surface area contributed by atoms with E-state index in [0.717, 1.165) is 0 Å². The molecule has 0 aromatic carbocycles. The lowest BCUT2D eigenvalue weighted by atomic mass is 10.1. The fourth-order valence-electron chi connectivity index (χ4n) is 0.614. The standard InChI is InChI=1S/C6H14N2O2/c1-10-6(9)4-5(8)2-3-7/h5H,2-4,7-8H2,1H3/t5-/m0/s1. The van der Waals surface area contributed by atoms with Gasteiger partial charge < -0.3 is 16.2 Å². The summed E-state index contributed by atoms with van der Waals surface area (Å²) in [5.41, 5.74) is 10.7. The van der Waals surface area contributed by atoms with E-state index in [0.29, 0.717) is 13.0 Å². The minimum atomic E-state index is -0.277. The number of methoxy groups -OCH3 is 1. The van der Waals surface area contributed by atoms with Crippen molar-refractivity contribution in [2.45, 2.75) is 18.9 Å². The van der Waals surface area contributed by atoms with Crippen molar-refractivity contribution < 1.29 is 9.53 Å². The summed E-state index contributed by atoms with van der Waals surface area (Å²) in [7, 11) is 1.34. The number of ether oxygens (including phenoxy) is 1. The Labute approximate surface area is 60.5 Å². The molecule has 0 heterocycles. The molecule has 0 saturated heterocycles. The highest BCUT2D eigenvalue weighted by atomic mass is 16.5. The zero-order valence-corrected chi connectivity index (χ0v) is 6.17. The number of rotatable bonds is 4. The van der Waals surface area contributed by atoms with Crippen LogP contribution in [0, 0.1) is 0 Å². The van der Waals surface area contributed by atoms with Crippen molar-refractivity contribution in [2.24, 2.45) is 11.5 Å². The second-order valence-corrected chi connectivity index (χ2v) is 2.12. The summed E-state index contributed by atoms with van der Waals surface area (Å²) in [4.78, 5) is 10.6. The summed E-state index contributed by atoms with van der Waals surface area (Å²) in [6.07, 6.45) is 0.919. The van der Waals surface area contributed by atoms with E-state index in [9.17, 15) is 4.79 Å². The highest BCUT2D eigenvalue weighted by molar-refractivity contribution is 5.69. The summed E-state index contributed by atoms with van der Waals surface area (Å²) in [6, 6.07) is -0.155. The van der Waals surface area contributed by atoms with E-state index in [1.54, 1.807) is 0 Å². The third-order valence-electron chi connectivity index (χ3n) is 1.19. The smallest absolute Gasteiger partial charge is 0.307 e. The van der Waals surface area contributed by atoms with Gasteiger partial charge in [-0.25, -0.2) is 0 Å². The molecule has 0 fully saturated rings. The minimum absolute atomic E-state index is 0.155. The Kier molecular flexibility index (Phi) is 4.88. The van der Waals surface area contributed by atoms with Gasteiger partial charge in [0.1, 0.15) is 0 Å². The van der Waals surface area contributed by atoms with Gasteiger partial charge in [-0.05, 0) is 13.0 Å². The Morgan fingerprint density at radius 3 is 2.70 bits per heavy atom. The molecule has 4 heteroatoms. The molecular formula is C6H14N2O2. The predicted molar refractivity (Wildman–Crippen MR) is 38.3 cm³/mol. The zero-order chi connectivity index (χ0) is 7.98. The molecule has 10 heavy (non-hydrogen) atoms. The van der Waals surface area contributed by atoms with Crippen LogP contribution in [0.2, 0.25) is 0 Å². The van der Waals surface area contributed by atoms with Crippen LogP contribution in [-0.4, -0.2) is 25.7 Å². The first-order chi connectivity index (χ1) is 4.70. The van der Waals surface area contributed by atoms with E-state index < -0.39 is 0 Å². The van der Waals surface area contributed by atoms with Gasteiger partial charge in [0.25, 0.3) is 0 Å². The third kappa shape index (κ3) is 4.29. The molecule has 0 aliphatic heterocycles. The Hall–Kier alpha value is -0.610.